The zero-order valence-corrected chi connectivity index (χ0v) is 18.5. The molecule has 1 heterocycles. The second-order valence-electron chi connectivity index (χ2n) is 7.58. The maximum atomic E-state index is 13.0. The number of nitrogens with zero attached hydrogens (tertiary/aromatic N) is 2. The van der Waals surface area contributed by atoms with Crippen molar-refractivity contribution in [2.45, 2.75) is 39.7 Å². The van der Waals surface area contributed by atoms with Crippen molar-refractivity contribution in [1.29, 1.82) is 0 Å². The quantitative estimate of drug-likeness (QED) is 0.479. The molecule has 3 aromatic rings. The number of fused-ring (bicyclic) bond motifs is 1. The summed E-state index contributed by atoms with van der Waals surface area (Å²) in [6.45, 7) is 6.54. The number of methoxy groups -OCH3 is 2. The summed E-state index contributed by atoms with van der Waals surface area (Å²) in [5.74, 6) is 1.74. The lowest BCUT2D eigenvalue weighted by molar-refractivity contribution is -0.130. The van der Waals surface area contributed by atoms with Gasteiger partial charge in [-0.3, -0.25) is 4.79 Å². The van der Waals surface area contributed by atoms with E-state index < -0.39 is 0 Å². The molecule has 0 saturated carbocycles. The van der Waals surface area contributed by atoms with E-state index in [0.29, 0.717) is 13.0 Å². The predicted molar refractivity (Wildman–Crippen MR) is 121 cm³/mol. The highest BCUT2D eigenvalue weighted by atomic mass is 16.5. The molecular formula is C25H32N2O3. The van der Waals surface area contributed by atoms with Crippen molar-refractivity contribution >= 4 is 16.8 Å². The van der Waals surface area contributed by atoms with E-state index in [1.165, 1.54) is 0 Å². The van der Waals surface area contributed by atoms with Crippen molar-refractivity contribution < 1.29 is 14.3 Å². The van der Waals surface area contributed by atoms with Gasteiger partial charge in [-0.25, -0.2) is 0 Å². The molecule has 5 nitrogen and oxygen atoms in total. The van der Waals surface area contributed by atoms with Gasteiger partial charge in [0, 0.05) is 42.8 Å². The lowest BCUT2D eigenvalue weighted by atomic mass is 10.1. The monoisotopic (exact) mass is 408 g/mol. The average molecular weight is 409 g/mol. The van der Waals surface area contributed by atoms with Crippen molar-refractivity contribution in [2.75, 3.05) is 27.3 Å². The Labute approximate surface area is 179 Å². The molecule has 0 bridgehead atoms. The van der Waals surface area contributed by atoms with Crippen LogP contribution in [0.1, 0.15) is 37.8 Å². The Bertz CT molecular complexity index is 965. The van der Waals surface area contributed by atoms with Gasteiger partial charge in [0.15, 0.2) is 0 Å². The molecule has 0 aliphatic carbocycles. The van der Waals surface area contributed by atoms with Crippen LogP contribution in [0.15, 0.2) is 48.7 Å². The number of benzene rings is 2. The molecule has 2 aromatic carbocycles. The summed E-state index contributed by atoms with van der Waals surface area (Å²) in [6.07, 6.45) is 4.50. The van der Waals surface area contributed by atoms with E-state index in [4.69, 9.17) is 9.47 Å². The fourth-order valence-electron chi connectivity index (χ4n) is 3.92. The maximum Gasteiger partial charge on any atom is 0.227 e. The van der Waals surface area contributed by atoms with Gasteiger partial charge in [0.1, 0.15) is 11.5 Å². The van der Waals surface area contributed by atoms with Crippen LogP contribution in [-0.4, -0.2) is 42.7 Å². The van der Waals surface area contributed by atoms with E-state index in [9.17, 15) is 4.79 Å². The summed E-state index contributed by atoms with van der Waals surface area (Å²) in [7, 11) is 3.32. The lowest BCUT2D eigenvalue weighted by Gasteiger charge is -2.21. The van der Waals surface area contributed by atoms with E-state index in [1.807, 2.05) is 35.2 Å². The van der Waals surface area contributed by atoms with Crippen molar-refractivity contribution in [3.8, 4) is 11.5 Å². The fourth-order valence-corrected chi connectivity index (χ4v) is 3.92. The topological polar surface area (TPSA) is 43.7 Å². The van der Waals surface area contributed by atoms with Gasteiger partial charge in [-0.1, -0.05) is 32.0 Å². The predicted octanol–water partition coefficient (Wildman–Crippen LogP) is 4.90. The van der Waals surface area contributed by atoms with Gasteiger partial charge >= 0.3 is 0 Å². The number of ether oxygens (including phenoxy) is 2. The van der Waals surface area contributed by atoms with Crippen LogP contribution < -0.4 is 9.47 Å². The Morgan fingerprint density at radius 1 is 0.967 bits per heavy atom. The number of para-hydroxylation sites is 1. The molecule has 5 heteroatoms. The van der Waals surface area contributed by atoms with E-state index >= 15 is 0 Å². The first-order valence-electron chi connectivity index (χ1n) is 10.7. The molecule has 1 amide bonds. The molecule has 3 rings (SSSR count). The molecule has 0 unspecified atom stereocenters. The van der Waals surface area contributed by atoms with Crippen molar-refractivity contribution in [3.63, 3.8) is 0 Å². The van der Waals surface area contributed by atoms with Crippen LogP contribution in [0.2, 0.25) is 0 Å². The molecule has 0 N–H and O–H groups in total. The Morgan fingerprint density at radius 3 is 2.20 bits per heavy atom. The Hall–Kier alpha value is -2.95. The molecule has 0 fully saturated rings. The van der Waals surface area contributed by atoms with Crippen molar-refractivity contribution in [3.05, 3.63) is 59.8 Å². The molecule has 0 spiro atoms. The summed E-state index contributed by atoms with van der Waals surface area (Å²) >= 11 is 0. The molecule has 0 atom stereocenters. The first-order valence-corrected chi connectivity index (χ1v) is 10.7. The summed E-state index contributed by atoms with van der Waals surface area (Å²) < 4.78 is 13.0. The number of hydrogen-bond acceptors (Lipinski definition) is 3. The van der Waals surface area contributed by atoms with E-state index in [2.05, 4.69) is 36.7 Å². The Morgan fingerprint density at radius 2 is 1.60 bits per heavy atom. The third kappa shape index (κ3) is 4.96. The van der Waals surface area contributed by atoms with E-state index in [0.717, 1.165) is 59.5 Å². The number of carbonyl (C=O) groups is 1. The standard InChI is InChI=1S/C25H32N2O3/c1-5-11-26(12-6-2)25(28)15-20-18-27(24-10-8-7-9-23(20)24)17-19-13-21(29-3)16-22(14-19)30-4/h7-10,13-14,16,18H,5-6,11-12,15,17H2,1-4H3. The maximum absolute atomic E-state index is 13.0. The lowest BCUT2D eigenvalue weighted by Crippen LogP contribution is -2.33. The summed E-state index contributed by atoms with van der Waals surface area (Å²) in [5, 5.41) is 1.13. The van der Waals surface area contributed by atoms with Gasteiger partial charge in [-0.05, 0) is 42.2 Å². The van der Waals surface area contributed by atoms with Gasteiger partial charge in [-0.15, -0.1) is 0 Å². The largest absolute Gasteiger partial charge is 0.497 e. The summed E-state index contributed by atoms with van der Waals surface area (Å²) in [4.78, 5) is 14.9. The summed E-state index contributed by atoms with van der Waals surface area (Å²) in [6, 6.07) is 14.2. The minimum atomic E-state index is 0.199. The zero-order valence-electron chi connectivity index (χ0n) is 18.5. The second kappa shape index (κ2) is 10.2. The number of amides is 1. The van der Waals surface area contributed by atoms with Crippen molar-refractivity contribution in [1.82, 2.24) is 9.47 Å². The van der Waals surface area contributed by atoms with Crippen LogP contribution in [-0.2, 0) is 17.8 Å². The zero-order chi connectivity index (χ0) is 21.5. The van der Waals surface area contributed by atoms with Crippen LogP contribution in [0.4, 0.5) is 0 Å². The number of carbonyl (C=O) groups excluding carboxylic acids is 1. The van der Waals surface area contributed by atoms with Crippen LogP contribution in [0.3, 0.4) is 0 Å². The molecule has 0 aliphatic rings. The van der Waals surface area contributed by atoms with Gasteiger partial charge in [0.25, 0.3) is 0 Å². The van der Waals surface area contributed by atoms with Crippen LogP contribution in [0.25, 0.3) is 10.9 Å². The van der Waals surface area contributed by atoms with E-state index in [-0.39, 0.29) is 5.91 Å². The first-order chi connectivity index (χ1) is 14.6. The number of aromatic nitrogens is 1. The molecule has 1 aromatic heterocycles. The van der Waals surface area contributed by atoms with Crippen LogP contribution >= 0.6 is 0 Å². The van der Waals surface area contributed by atoms with Crippen LogP contribution in [0.5, 0.6) is 11.5 Å². The molecule has 0 saturated heterocycles. The minimum absolute atomic E-state index is 0.199. The summed E-state index contributed by atoms with van der Waals surface area (Å²) in [5.41, 5.74) is 3.28. The number of rotatable bonds is 10. The molecular weight excluding hydrogens is 376 g/mol. The third-order valence-electron chi connectivity index (χ3n) is 5.32. The average Bonchev–Trinajstić information content (AvgIpc) is 3.10. The fraction of sp³-hybridized carbons (Fsp3) is 0.400. The Kier molecular flexibility index (Phi) is 7.39. The van der Waals surface area contributed by atoms with E-state index in [1.54, 1.807) is 14.2 Å². The van der Waals surface area contributed by atoms with Gasteiger partial charge in [0.2, 0.25) is 5.91 Å². The highest BCUT2D eigenvalue weighted by Gasteiger charge is 2.17. The smallest absolute Gasteiger partial charge is 0.227 e. The molecule has 0 aliphatic heterocycles. The van der Waals surface area contributed by atoms with Gasteiger partial charge in [0.05, 0.1) is 20.6 Å². The molecule has 30 heavy (non-hydrogen) atoms. The van der Waals surface area contributed by atoms with Crippen LogP contribution in [0, 0.1) is 0 Å². The Balaban J connectivity index is 1.92. The van der Waals surface area contributed by atoms with Crippen molar-refractivity contribution in [2.24, 2.45) is 0 Å². The third-order valence-corrected chi connectivity index (χ3v) is 5.32. The normalized spacial score (nSPS) is 10.9. The second-order valence-corrected chi connectivity index (χ2v) is 7.58. The van der Waals surface area contributed by atoms with Gasteiger partial charge < -0.3 is 18.9 Å². The van der Waals surface area contributed by atoms with Gasteiger partial charge in [-0.2, -0.15) is 0 Å². The first kappa shape index (κ1) is 21.8. The highest BCUT2D eigenvalue weighted by Crippen LogP contribution is 2.27. The molecule has 0 radical (unpaired) electrons. The number of hydrogen-bond donors (Lipinski definition) is 0. The minimum Gasteiger partial charge on any atom is -0.497 e. The SMILES string of the molecule is CCCN(CCC)C(=O)Cc1cn(Cc2cc(OC)cc(OC)c2)c2ccccc12. The highest BCUT2D eigenvalue weighted by molar-refractivity contribution is 5.89. The molecule has 160 valence electrons.